The number of hydrogen-bond donors (Lipinski definition) is 2. The van der Waals surface area contributed by atoms with Crippen molar-refractivity contribution in [1.82, 2.24) is 19.6 Å². The zero-order chi connectivity index (χ0) is 28.2. The van der Waals surface area contributed by atoms with Crippen molar-refractivity contribution in [2.75, 3.05) is 26.1 Å². The summed E-state index contributed by atoms with van der Waals surface area (Å²) in [6.07, 6.45) is 5.73. The molecule has 4 aromatic rings. The summed E-state index contributed by atoms with van der Waals surface area (Å²) in [6, 6.07) is 10.7. The number of carbonyl (C=O) groups excluding carboxylic acids is 1. The van der Waals surface area contributed by atoms with Crippen molar-refractivity contribution in [3.63, 3.8) is 0 Å². The fourth-order valence-corrected chi connectivity index (χ4v) is 5.39. The van der Waals surface area contributed by atoms with E-state index in [4.69, 9.17) is 24.3 Å². The summed E-state index contributed by atoms with van der Waals surface area (Å²) in [5.41, 5.74) is 2.78. The Morgan fingerprint density at radius 3 is 2.52 bits per heavy atom. The number of H-pyrrole nitrogens is 1. The summed E-state index contributed by atoms with van der Waals surface area (Å²) < 4.78 is 18.2. The average molecular weight is 546 g/mol. The largest absolute Gasteiger partial charge is 0.493 e. The van der Waals surface area contributed by atoms with Crippen LogP contribution in [0.2, 0.25) is 0 Å². The molecule has 0 aliphatic heterocycles. The molecular formula is C30H35N5O5. The Balaban J connectivity index is 1.47. The highest BCUT2D eigenvalue weighted by atomic mass is 16.5. The van der Waals surface area contributed by atoms with E-state index in [1.807, 2.05) is 19.9 Å². The normalized spacial score (nSPS) is 13.8. The van der Waals surface area contributed by atoms with Crippen molar-refractivity contribution < 1.29 is 19.0 Å². The van der Waals surface area contributed by atoms with Crippen LogP contribution in [0, 0.1) is 6.92 Å². The minimum absolute atomic E-state index is 0.142. The second-order valence-electron chi connectivity index (χ2n) is 10.0. The smallest absolute Gasteiger partial charge is 0.277 e. The van der Waals surface area contributed by atoms with Gasteiger partial charge >= 0.3 is 0 Å². The van der Waals surface area contributed by atoms with Crippen molar-refractivity contribution in [3.05, 3.63) is 63.8 Å². The van der Waals surface area contributed by atoms with Gasteiger partial charge in [-0.3, -0.25) is 9.59 Å². The lowest BCUT2D eigenvalue weighted by molar-refractivity contribution is -0.115. The van der Waals surface area contributed by atoms with Crippen LogP contribution in [0.5, 0.6) is 17.2 Å². The van der Waals surface area contributed by atoms with Gasteiger partial charge in [-0.25, -0.2) is 9.50 Å². The number of imidazole rings is 1. The summed E-state index contributed by atoms with van der Waals surface area (Å²) in [7, 11) is 3.13. The van der Waals surface area contributed by atoms with Gasteiger partial charge in [-0.2, -0.15) is 0 Å². The van der Waals surface area contributed by atoms with Crippen molar-refractivity contribution >= 4 is 17.1 Å². The van der Waals surface area contributed by atoms with Crippen LogP contribution in [0.1, 0.15) is 62.0 Å². The summed E-state index contributed by atoms with van der Waals surface area (Å²) in [6.45, 7) is 4.17. The van der Waals surface area contributed by atoms with E-state index in [9.17, 15) is 9.59 Å². The molecule has 1 aliphatic carbocycles. The van der Waals surface area contributed by atoms with Crippen LogP contribution in [-0.2, 0) is 11.2 Å². The van der Waals surface area contributed by atoms with Crippen LogP contribution in [0.15, 0.2) is 41.2 Å². The highest BCUT2D eigenvalue weighted by Gasteiger charge is 2.24. The molecule has 40 heavy (non-hydrogen) atoms. The monoisotopic (exact) mass is 545 g/mol. The van der Waals surface area contributed by atoms with Gasteiger partial charge in [-0.15, -0.1) is 5.10 Å². The second-order valence-corrected chi connectivity index (χ2v) is 10.0. The fraction of sp³-hybridized carbons (Fsp3) is 0.400. The lowest BCUT2D eigenvalue weighted by Crippen LogP contribution is -2.18. The first-order valence-corrected chi connectivity index (χ1v) is 13.7. The first-order valence-electron chi connectivity index (χ1n) is 13.7. The third-order valence-corrected chi connectivity index (χ3v) is 7.30. The second kappa shape index (κ2) is 11.8. The molecule has 1 aliphatic rings. The van der Waals surface area contributed by atoms with Crippen LogP contribution in [0.3, 0.4) is 0 Å². The van der Waals surface area contributed by atoms with E-state index in [0.717, 1.165) is 37.1 Å². The molecule has 1 fully saturated rings. The number of benzene rings is 2. The Hall–Kier alpha value is -4.34. The molecule has 0 spiro atoms. The molecule has 2 aromatic carbocycles. The highest BCUT2D eigenvalue weighted by Crippen LogP contribution is 2.34. The van der Waals surface area contributed by atoms with E-state index in [1.165, 1.54) is 6.42 Å². The summed E-state index contributed by atoms with van der Waals surface area (Å²) in [5.74, 6) is 2.96. The number of aromatic amines is 1. The molecule has 0 saturated heterocycles. The lowest BCUT2D eigenvalue weighted by Gasteiger charge is -2.20. The van der Waals surface area contributed by atoms with Crippen molar-refractivity contribution in [2.24, 2.45) is 0 Å². The zero-order valence-electron chi connectivity index (χ0n) is 23.4. The summed E-state index contributed by atoms with van der Waals surface area (Å²) in [4.78, 5) is 33.9. The quantitative estimate of drug-likeness (QED) is 0.302. The number of methoxy groups -OCH3 is 2. The average Bonchev–Trinajstić information content (AvgIpc) is 3.30. The standard InChI is InChI=1S/C30H35N5O5/c1-5-40-23-14-12-21(32-26(36)16-19-11-13-24(38-3)25(15-19)39-4)17-22(23)28-33-30(37)27-18(2)31-29(35(27)34-28)20-9-7-6-8-10-20/h11-15,17,20H,5-10,16H2,1-4H3,(H,32,36)(H,33,34,37). The van der Waals surface area contributed by atoms with E-state index in [1.54, 1.807) is 49.1 Å². The van der Waals surface area contributed by atoms with Crippen molar-refractivity contribution in [2.45, 2.75) is 58.3 Å². The topological polar surface area (TPSA) is 120 Å². The maximum absolute atomic E-state index is 13.2. The Morgan fingerprint density at radius 1 is 1.05 bits per heavy atom. The molecule has 0 unspecified atom stereocenters. The number of rotatable bonds is 9. The number of nitrogens with zero attached hydrogens (tertiary/aromatic N) is 3. The van der Waals surface area contributed by atoms with Gasteiger partial charge in [-0.1, -0.05) is 25.3 Å². The molecule has 0 bridgehead atoms. The molecule has 10 nitrogen and oxygen atoms in total. The van der Waals surface area contributed by atoms with E-state index >= 15 is 0 Å². The van der Waals surface area contributed by atoms with Crippen LogP contribution in [0.25, 0.3) is 16.9 Å². The molecule has 0 atom stereocenters. The number of hydrogen-bond acceptors (Lipinski definition) is 7. The number of aryl methyl sites for hydroxylation is 1. The van der Waals surface area contributed by atoms with Gasteiger partial charge in [0.25, 0.3) is 5.56 Å². The number of carbonyl (C=O) groups is 1. The van der Waals surface area contributed by atoms with E-state index in [2.05, 4.69) is 10.3 Å². The molecule has 2 aromatic heterocycles. The maximum Gasteiger partial charge on any atom is 0.277 e. The number of ether oxygens (including phenoxy) is 3. The van der Waals surface area contributed by atoms with Crippen LogP contribution in [0.4, 0.5) is 5.69 Å². The Morgan fingerprint density at radius 2 is 1.80 bits per heavy atom. The third-order valence-electron chi connectivity index (χ3n) is 7.30. The van der Waals surface area contributed by atoms with Gasteiger partial charge in [-0.05, 0) is 62.6 Å². The Kier molecular flexibility index (Phi) is 8.04. The number of aromatic nitrogens is 4. The summed E-state index contributed by atoms with van der Waals surface area (Å²) in [5, 5.41) is 7.80. The van der Waals surface area contributed by atoms with Gasteiger partial charge in [0, 0.05) is 11.6 Å². The van der Waals surface area contributed by atoms with Crippen LogP contribution >= 0.6 is 0 Å². The summed E-state index contributed by atoms with van der Waals surface area (Å²) >= 11 is 0. The van der Waals surface area contributed by atoms with Gasteiger partial charge in [0.2, 0.25) is 5.91 Å². The predicted octanol–water partition coefficient (Wildman–Crippen LogP) is 5.04. The van der Waals surface area contributed by atoms with Crippen molar-refractivity contribution in [3.8, 4) is 28.6 Å². The number of amides is 1. The van der Waals surface area contributed by atoms with E-state index in [0.29, 0.717) is 52.1 Å². The van der Waals surface area contributed by atoms with Crippen LogP contribution in [-0.4, -0.2) is 46.3 Å². The molecule has 1 amide bonds. The van der Waals surface area contributed by atoms with Gasteiger partial charge in [0.1, 0.15) is 11.6 Å². The van der Waals surface area contributed by atoms with Gasteiger partial charge in [0.05, 0.1) is 38.5 Å². The van der Waals surface area contributed by atoms with Crippen LogP contribution < -0.4 is 25.1 Å². The third kappa shape index (κ3) is 5.52. The minimum Gasteiger partial charge on any atom is -0.493 e. The molecular weight excluding hydrogens is 510 g/mol. The van der Waals surface area contributed by atoms with Gasteiger partial charge < -0.3 is 24.5 Å². The predicted molar refractivity (Wildman–Crippen MR) is 153 cm³/mol. The van der Waals surface area contributed by atoms with E-state index in [-0.39, 0.29) is 23.8 Å². The fourth-order valence-electron chi connectivity index (χ4n) is 5.39. The molecule has 210 valence electrons. The minimum atomic E-state index is -0.262. The molecule has 2 N–H and O–H groups in total. The molecule has 5 rings (SSSR count). The Bertz CT molecular complexity index is 1590. The molecule has 10 heteroatoms. The zero-order valence-corrected chi connectivity index (χ0v) is 23.4. The number of anilines is 1. The number of nitrogens with one attached hydrogen (secondary N) is 2. The lowest BCUT2D eigenvalue weighted by atomic mass is 9.89. The molecule has 0 radical (unpaired) electrons. The maximum atomic E-state index is 13.2. The molecule has 1 saturated carbocycles. The first kappa shape index (κ1) is 27.2. The van der Waals surface area contributed by atoms with Gasteiger partial charge in [0.15, 0.2) is 22.8 Å². The highest BCUT2D eigenvalue weighted by molar-refractivity contribution is 5.93. The Labute approximate surface area is 232 Å². The number of fused-ring (bicyclic) bond motifs is 1. The molecule has 2 heterocycles. The SMILES string of the molecule is CCOc1ccc(NC(=O)Cc2ccc(OC)c(OC)c2)cc1-c1nn2c(C3CCCCC3)nc(C)c2c(=O)[nH]1. The van der Waals surface area contributed by atoms with Crippen molar-refractivity contribution in [1.29, 1.82) is 0 Å². The van der Waals surface area contributed by atoms with E-state index < -0.39 is 0 Å². The first-order chi connectivity index (χ1) is 19.4.